The Morgan fingerprint density at radius 2 is 2.20 bits per heavy atom. The van der Waals surface area contributed by atoms with Crippen molar-refractivity contribution in [1.29, 1.82) is 0 Å². The average Bonchev–Trinajstić information content (AvgIpc) is 2.37. The highest BCUT2D eigenvalue weighted by molar-refractivity contribution is 9.10. The molecule has 20 heavy (non-hydrogen) atoms. The molecule has 0 saturated heterocycles. The Bertz CT molecular complexity index is 548. The molecule has 0 aliphatic carbocycles. The fraction of sp³-hybridized carbons (Fsp3) is 0.273. The number of hydrogen-bond acceptors (Lipinski definition) is 5. The van der Waals surface area contributed by atoms with Crippen molar-refractivity contribution in [2.75, 3.05) is 13.7 Å². The second-order valence-electron chi connectivity index (χ2n) is 3.72. The van der Waals surface area contributed by atoms with E-state index in [2.05, 4.69) is 26.0 Å². The topological polar surface area (TPSA) is 119 Å². The van der Waals surface area contributed by atoms with E-state index in [1.54, 1.807) is 0 Å². The monoisotopic (exact) mass is 346 g/mol. The lowest BCUT2D eigenvalue weighted by atomic mass is 10.1. The molecule has 1 atom stereocenters. The van der Waals surface area contributed by atoms with Gasteiger partial charge in [0.2, 0.25) is 0 Å². The van der Waals surface area contributed by atoms with Crippen molar-refractivity contribution < 1.29 is 24.4 Å². The van der Waals surface area contributed by atoms with E-state index in [0.717, 1.165) is 0 Å². The molecule has 0 heterocycles. The van der Waals surface area contributed by atoms with Crippen molar-refractivity contribution in [3.05, 3.63) is 38.3 Å². The van der Waals surface area contributed by atoms with Gasteiger partial charge in [-0.3, -0.25) is 14.9 Å². The summed E-state index contributed by atoms with van der Waals surface area (Å²) in [4.78, 5) is 33.0. The number of amides is 1. The molecule has 1 unspecified atom stereocenters. The molecule has 0 aliphatic heterocycles. The molecular formula is C11H11BrN2O6. The number of nitrogens with zero attached hydrogens (tertiary/aromatic N) is 1. The fourth-order valence-corrected chi connectivity index (χ4v) is 2.00. The van der Waals surface area contributed by atoms with Gasteiger partial charge in [-0.1, -0.05) is 6.07 Å². The lowest BCUT2D eigenvalue weighted by Gasteiger charge is -2.14. The van der Waals surface area contributed by atoms with Gasteiger partial charge in [0, 0.05) is 13.2 Å². The number of hydrogen-bond donors (Lipinski definition) is 2. The standard InChI is InChI=1S/C11H11BrN2O6/c1-20-5-7(11(16)17)13-10(15)6-3-2-4-8(9(6)12)14(18)19/h2-4,7H,5H2,1H3,(H,13,15)(H,16,17). The predicted molar refractivity (Wildman–Crippen MR) is 71.6 cm³/mol. The minimum Gasteiger partial charge on any atom is -0.480 e. The molecule has 1 aromatic carbocycles. The summed E-state index contributed by atoms with van der Waals surface area (Å²) < 4.78 is 4.67. The second kappa shape index (κ2) is 6.96. The van der Waals surface area contributed by atoms with Gasteiger partial charge in [0.25, 0.3) is 11.6 Å². The zero-order valence-corrected chi connectivity index (χ0v) is 11.9. The summed E-state index contributed by atoms with van der Waals surface area (Å²) in [5.41, 5.74) is -0.308. The number of halogens is 1. The van der Waals surface area contributed by atoms with E-state index in [9.17, 15) is 19.7 Å². The number of benzene rings is 1. The van der Waals surface area contributed by atoms with Crippen LogP contribution in [0.4, 0.5) is 5.69 Å². The molecule has 0 aromatic heterocycles. The van der Waals surface area contributed by atoms with Gasteiger partial charge in [-0.05, 0) is 22.0 Å². The number of nitrogens with one attached hydrogen (secondary N) is 1. The number of carboxylic acids is 1. The quantitative estimate of drug-likeness (QED) is 0.589. The maximum absolute atomic E-state index is 11.9. The highest BCUT2D eigenvalue weighted by Gasteiger charge is 2.24. The molecular weight excluding hydrogens is 336 g/mol. The zero-order valence-electron chi connectivity index (χ0n) is 10.3. The fourth-order valence-electron chi connectivity index (χ4n) is 1.41. The average molecular weight is 347 g/mol. The lowest BCUT2D eigenvalue weighted by Crippen LogP contribution is -2.43. The molecule has 8 nitrogen and oxygen atoms in total. The van der Waals surface area contributed by atoms with Crippen LogP contribution in [0.1, 0.15) is 10.4 Å². The van der Waals surface area contributed by atoms with Crippen LogP contribution >= 0.6 is 15.9 Å². The first-order chi connectivity index (χ1) is 9.38. The Labute approximate surface area is 122 Å². The van der Waals surface area contributed by atoms with Gasteiger partial charge >= 0.3 is 5.97 Å². The smallest absolute Gasteiger partial charge is 0.328 e. The summed E-state index contributed by atoms with van der Waals surface area (Å²) >= 11 is 2.97. The summed E-state index contributed by atoms with van der Waals surface area (Å²) in [7, 11) is 1.30. The third-order valence-corrected chi connectivity index (χ3v) is 3.19. The normalized spacial score (nSPS) is 11.7. The molecule has 108 valence electrons. The van der Waals surface area contributed by atoms with E-state index in [0.29, 0.717) is 0 Å². The third-order valence-electron chi connectivity index (χ3n) is 2.36. The van der Waals surface area contributed by atoms with Crippen molar-refractivity contribution in [3.8, 4) is 0 Å². The van der Waals surface area contributed by atoms with Crippen molar-refractivity contribution in [2.45, 2.75) is 6.04 Å². The summed E-state index contributed by atoms with van der Waals surface area (Å²) in [6.07, 6.45) is 0. The molecule has 0 bridgehead atoms. The van der Waals surface area contributed by atoms with Crippen molar-refractivity contribution in [3.63, 3.8) is 0 Å². The molecule has 1 rings (SSSR count). The number of carbonyl (C=O) groups is 2. The minimum absolute atomic E-state index is 0.0101. The van der Waals surface area contributed by atoms with Crippen LogP contribution in [-0.2, 0) is 9.53 Å². The largest absolute Gasteiger partial charge is 0.480 e. The minimum atomic E-state index is -1.26. The van der Waals surface area contributed by atoms with Crippen LogP contribution < -0.4 is 5.32 Å². The van der Waals surface area contributed by atoms with E-state index >= 15 is 0 Å². The molecule has 0 saturated carbocycles. The number of aliphatic carboxylic acids is 1. The summed E-state index contributed by atoms with van der Waals surface area (Å²) in [6, 6.07) is 2.67. The number of ether oxygens (including phenoxy) is 1. The summed E-state index contributed by atoms with van der Waals surface area (Å²) in [5.74, 6) is -2.01. The van der Waals surface area contributed by atoms with E-state index in [1.807, 2.05) is 0 Å². The van der Waals surface area contributed by atoms with Crippen molar-refractivity contribution in [1.82, 2.24) is 5.32 Å². The lowest BCUT2D eigenvalue weighted by molar-refractivity contribution is -0.385. The summed E-state index contributed by atoms with van der Waals surface area (Å²) in [5, 5.41) is 21.9. The van der Waals surface area contributed by atoms with Gasteiger partial charge in [0.05, 0.1) is 17.1 Å². The van der Waals surface area contributed by atoms with E-state index in [1.165, 1.54) is 25.3 Å². The van der Waals surface area contributed by atoms with E-state index in [-0.39, 0.29) is 22.3 Å². The second-order valence-corrected chi connectivity index (χ2v) is 4.51. The number of nitro benzene ring substituents is 1. The van der Waals surface area contributed by atoms with E-state index in [4.69, 9.17) is 5.11 Å². The van der Waals surface area contributed by atoms with Gasteiger partial charge in [-0.25, -0.2) is 4.79 Å². The molecule has 2 N–H and O–H groups in total. The van der Waals surface area contributed by atoms with Crippen LogP contribution in [-0.4, -0.2) is 41.7 Å². The Morgan fingerprint density at radius 3 is 2.70 bits per heavy atom. The molecule has 9 heteroatoms. The first-order valence-electron chi connectivity index (χ1n) is 5.34. The van der Waals surface area contributed by atoms with Crippen LogP contribution in [0.3, 0.4) is 0 Å². The molecule has 1 aromatic rings. The van der Waals surface area contributed by atoms with Gasteiger partial charge in [0.15, 0.2) is 6.04 Å². The van der Waals surface area contributed by atoms with Crippen LogP contribution in [0.5, 0.6) is 0 Å². The first-order valence-corrected chi connectivity index (χ1v) is 6.13. The van der Waals surface area contributed by atoms with Gasteiger partial charge in [0.1, 0.15) is 4.47 Å². The Morgan fingerprint density at radius 1 is 1.55 bits per heavy atom. The zero-order chi connectivity index (χ0) is 15.3. The number of rotatable bonds is 6. The SMILES string of the molecule is COCC(NC(=O)c1cccc([N+](=O)[O-])c1Br)C(=O)O. The first kappa shape index (κ1) is 16.1. The third kappa shape index (κ3) is 3.75. The molecule has 1 amide bonds. The van der Waals surface area contributed by atoms with Crippen molar-refractivity contribution >= 4 is 33.5 Å². The van der Waals surface area contributed by atoms with Crippen LogP contribution in [0, 0.1) is 10.1 Å². The van der Waals surface area contributed by atoms with Crippen LogP contribution in [0.15, 0.2) is 22.7 Å². The van der Waals surface area contributed by atoms with Gasteiger partial charge in [-0.2, -0.15) is 0 Å². The molecule has 0 spiro atoms. The molecule has 0 radical (unpaired) electrons. The number of carboxylic acid groups (broad SMARTS) is 1. The summed E-state index contributed by atoms with van der Waals surface area (Å²) in [6.45, 7) is -0.215. The van der Waals surface area contributed by atoms with Crippen LogP contribution in [0.25, 0.3) is 0 Å². The predicted octanol–water partition coefficient (Wildman–Crippen LogP) is 1.19. The number of nitro groups is 1. The Kier molecular flexibility index (Phi) is 5.59. The van der Waals surface area contributed by atoms with Crippen LogP contribution in [0.2, 0.25) is 0 Å². The number of methoxy groups -OCH3 is 1. The Balaban J connectivity index is 3.00. The molecule has 0 fully saturated rings. The highest BCUT2D eigenvalue weighted by atomic mass is 79.9. The van der Waals surface area contributed by atoms with Crippen molar-refractivity contribution in [2.24, 2.45) is 0 Å². The Hall–Kier alpha value is -2.00. The van der Waals surface area contributed by atoms with E-state index < -0.39 is 22.8 Å². The maximum atomic E-state index is 11.9. The maximum Gasteiger partial charge on any atom is 0.328 e. The van der Waals surface area contributed by atoms with Gasteiger partial charge < -0.3 is 15.2 Å². The van der Waals surface area contributed by atoms with Gasteiger partial charge in [-0.15, -0.1) is 0 Å². The molecule has 0 aliphatic rings. The number of carbonyl (C=O) groups excluding carboxylic acids is 1. The highest BCUT2D eigenvalue weighted by Crippen LogP contribution is 2.28.